The maximum absolute atomic E-state index is 12.3. The van der Waals surface area contributed by atoms with Crippen LogP contribution in [0.25, 0.3) is 32.2 Å². The molecule has 3 heterocycles. The van der Waals surface area contributed by atoms with E-state index in [-0.39, 0.29) is 0 Å². The number of ketones is 1. The predicted octanol–water partition coefficient (Wildman–Crippen LogP) is 6.78. The molecule has 0 spiro atoms. The fourth-order valence-corrected chi connectivity index (χ4v) is 4.70. The van der Waals surface area contributed by atoms with Gasteiger partial charge in [-0.2, -0.15) is 0 Å². The molecule has 0 aliphatic rings. The molecule has 0 saturated heterocycles. The first-order chi connectivity index (χ1) is 13.7. The number of unbranched alkanes of at least 4 members (excludes halogenated alkanes) is 2. The Hall–Kier alpha value is -2.37. The highest BCUT2D eigenvalue weighted by molar-refractivity contribution is 7.14. The summed E-state index contributed by atoms with van der Waals surface area (Å²) in [6, 6.07) is 14.3. The Morgan fingerprint density at radius 2 is 1.57 bits per heavy atom. The first kappa shape index (κ1) is 19.0. The van der Waals surface area contributed by atoms with Crippen molar-refractivity contribution >= 4 is 39.5 Å². The third-order valence-corrected chi connectivity index (χ3v) is 6.45. The number of thiophene rings is 2. The average molecular weight is 407 g/mol. The van der Waals surface area contributed by atoms with Crippen LogP contribution < -0.4 is 0 Å². The summed E-state index contributed by atoms with van der Waals surface area (Å²) in [6.07, 6.45) is 4.37. The Balaban J connectivity index is 1.69. The zero-order valence-corrected chi connectivity index (χ0v) is 17.5. The minimum Gasteiger partial charge on any atom is -0.299 e. The Kier molecular flexibility index (Phi) is 5.93. The number of carbonyl (C=O) groups is 1. The van der Waals surface area contributed by atoms with Gasteiger partial charge in [0.1, 0.15) is 17.2 Å². The van der Waals surface area contributed by atoms with Crippen molar-refractivity contribution in [3.63, 3.8) is 0 Å². The molecule has 4 rings (SSSR count). The normalized spacial score (nSPS) is 11.2. The van der Waals surface area contributed by atoms with Crippen LogP contribution in [0, 0.1) is 0 Å². The highest BCUT2D eigenvalue weighted by atomic mass is 32.1. The lowest BCUT2D eigenvalue weighted by atomic mass is 10.0. The number of rotatable bonds is 8. The quantitative estimate of drug-likeness (QED) is 0.303. The van der Waals surface area contributed by atoms with Gasteiger partial charge in [-0.25, -0.2) is 9.97 Å². The van der Waals surface area contributed by atoms with Gasteiger partial charge in [-0.3, -0.25) is 4.79 Å². The molecule has 0 bridgehead atoms. The van der Waals surface area contributed by atoms with E-state index in [1.165, 1.54) is 0 Å². The molecule has 28 heavy (non-hydrogen) atoms. The van der Waals surface area contributed by atoms with Crippen molar-refractivity contribution in [3.05, 3.63) is 58.8 Å². The molecule has 0 radical (unpaired) electrons. The number of aromatic nitrogens is 2. The van der Waals surface area contributed by atoms with Crippen LogP contribution in [0.3, 0.4) is 0 Å². The standard InChI is InChI=1S/C23H22N2OS2/c1-2-3-4-7-17(26)14-16-10-11-18-19(15-16)25-23(21-9-6-13-28-21)22(24-18)20-8-5-12-27-20/h5-6,8-13,15H,2-4,7,14H2,1H3. The van der Waals surface area contributed by atoms with Crippen LogP contribution in [0.1, 0.15) is 38.2 Å². The molecule has 4 aromatic rings. The molecule has 3 nitrogen and oxygen atoms in total. The van der Waals surface area contributed by atoms with Gasteiger partial charge in [0.25, 0.3) is 0 Å². The molecule has 0 aliphatic heterocycles. The number of fused-ring (bicyclic) bond motifs is 1. The van der Waals surface area contributed by atoms with Crippen molar-refractivity contribution in [1.82, 2.24) is 9.97 Å². The summed E-state index contributed by atoms with van der Waals surface area (Å²) in [4.78, 5) is 24.4. The van der Waals surface area contributed by atoms with Gasteiger partial charge in [0.05, 0.1) is 20.8 Å². The highest BCUT2D eigenvalue weighted by Gasteiger charge is 2.15. The molecular formula is C23H22N2OS2. The summed E-state index contributed by atoms with van der Waals surface area (Å²) in [6.45, 7) is 2.15. The van der Waals surface area contributed by atoms with Gasteiger partial charge in [0, 0.05) is 12.8 Å². The van der Waals surface area contributed by atoms with Crippen LogP contribution >= 0.6 is 22.7 Å². The van der Waals surface area contributed by atoms with E-state index in [0.717, 1.165) is 57.0 Å². The fraction of sp³-hybridized carbons (Fsp3) is 0.261. The smallest absolute Gasteiger partial charge is 0.137 e. The molecule has 0 saturated carbocycles. The number of nitrogens with zero attached hydrogens (tertiary/aromatic N) is 2. The van der Waals surface area contributed by atoms with E-state index < -0.39 is 0 Å². The van der Waals surface area contributed by atoms with E-state index in [0.29, 0.717) is 18.6 Å². The molecule has 5 heteroatoms. The number of carbonyl (C=O) groups excluding carboxylic acids is 1. The van der Waals surface area contributed by atoms with Crippen LogP contribution in [0.5, 0.6) is 0 Å². The van der Waals surface area contributed by atoms with E-state index in [1.807, 2.05) is 30.3 Å². The van der Waals surface area contributed by atoms with E-state index >= 15 is 0 Å². The molecule has 142 valence electrons. The van der Waals surface area contributed by atoms with Crippen molar-refractivity contribution in [1.29, 1.82) is 0 Å². The fourth-order valence-electron chi connectivity index (χ4n) is 3.27. The molecule has 0 N–H and O–H groups in total. The molecule has 0 fully saturated rings. The lowest BCUT2D eigenvalue weighted by Crippen LogP contribution is -2.03. The highest BCUT2D eigenvalue weighted by Crippen LogP contribution is 2.35. The monoisotopic (exact) mass is 406 g/mol. The van der Waals surface area contributed by atoms with Gasteiger partial charge in [0.15, 0.2) is 0 Å². The molecule has 1 aromatic carbocycles. The SMILES string of the molecule is CCCCCC(=O)Cc1ccc2nc(-c3cccs3)c(-c3cccs3)nc2c1. The minimum atomic E-state index is 0.300. The first-order valence-electron chi connectivity index (χ1n) is 9.64. The van der Waals surface area contributed by atoms with Gasteiger partial charge in [-0.1, -0.05) is 38.0 Å². The van der Waals surface area contributed by atoms with Crippen LogP contribution in [-0.4, -0.2) is 15.8 Å². The van der Waals surface area contributed by atoms with E-state index in [4.69, 9.17) is 9.97 Å². The summed E-state index contributed by atoms with van der Waals surface area (Å²) < 4.78 is 0. The lowest BCUT2D eigenvalue weighted by Gasteiger charge is -2.09. The van der Waals surface area contributed by atoms with Crippen LogP contribution in [0.4, 0.5) is 0 Å². The van der Waals surface area contributed by atoms with E-state index in [9.17, 15) is 4.79 Å². The second kappa shape index (κ2) is 8.76. The molecule has 3 aromatic heterocycles. The predicted molar refractivity (Wildman–Crippen MR) is 119 cm³/mol. The van der Waals surface area contributed by atoms with Gasteiger partial charge in [-0.05, 0) is 47.0 Å². The number of hydrogen-bond donors (Lipinski definition) is 0. The van der Waals surface area contributed by atoms with E-state index in [1.54, 1.807) is 22.7 Å². The number of benzene rings is 1. The van der Waals surface area contributed by atoms with Gasteiger partial charge in [-0.15, -0.1) is 22.7 Å². The lowest BCUT2D eigenvalue weighted by molar-refractivity contribution is -0.118. The second-order valence-electron chi connectivity index (χ2n) is 6.87. The first-order valence-corrected chi connectivity index (χ1v) is 11.4. The molecular weight excluding hydrogens is 384 g/mol. The van der Waals surface area contributed by atoms with Gasteiger partial charge in [0.2, 0.25) is 0 Å². The summed E-state index contributed by atoms with van der Waals surface area (Å²) in [7, 11) is 0. The van der Waals surface area contributed by atoms with Crippen molar-refractivity contribution in [2.75, 3.05) is 0 Å². The summed E-state index contributed by atoms with van der Waals surface area (Å²) in [5, 5.41) is 4.12. The van der Waals surface area contributed by atoms with Crippen molar-refractivity contribution < 1.29 is 4.79 Å². The second-order valence-corrected chi connectivity index (χ2v) is 8.77. The average Bonchev–Trinajstić information content (AvgIpc) is 3.41. The summed E-state index contributed by atoms with van der Waals surface area (Å²) in [5.41, 5.74) is 4.57. The van der Waals surface area contributed by atoms with E-state index in [2.05, 4.69) is 29.8 Å². The van der Waals surface area contributed by atoms with Gasteiger partial charge >= 0.3 is 0 Å². The van der Waals surface area contributed by atoms with Gasteiger partial charge < -0.3 is 0 Å². The van der Waals surface area contributed by atoms with Crippen LogP contribution in [0.2, 0.25) is 0 Å². The largest absolute Gasteiger partial charge is 0.299 e. The summed E-state index contributed by atoms with van der Waals surface area (Å²) >= 11 is 3.34. The van der Waals surface area contributed by atoms with Crippen LogP contribution in [-0.2, 0) is 11.2 Å². The van der Waals surface area contributed by atoms with Crippen LogP contribution in [0.15, 0.2) is 53.2 Å². The minimum absolute atomic E-state index is 0.300. The summed E-state index contributed by atoms with van der Waals surface area (Å²) in [5.74, 6) is 0.300. The maximum atomic E-state index is 12.3. The van der Waals surface area contributed by atoms with Crippen molar-refractivity contribution in [2.45, 2.75) is 39.0 Å². The Morgan fingerprint density at radius 3 is 2.18 bits per heavy atom. The third kappa shape index (κ3) is 4.21. The molecule has 0 amide bonds. The van der Waals surface area contributed by atoms with Crippen molar-refractivity contribution in [2.24, 2.45) is 0 Å². The van der Waals surface area contributed by atoms with Crippen molar-refractivity contribution in [3.8, 4) is 21.1 Å². The number of hydrogen-bond acceptors (Lipinski definition) is 5. The maximum Gasteiger partial charge on any atom is 0.137 e. The third-order valence-electron chi connectivity index (χ3n) is 4.70. The zero-order chi connectivity index (χ0) is 19.3. The Bertz CT molecular complexity index is 1070. The topological polar surface area (TPSA) is 42.9 Å². The number of Topliss-reactive ketones (excluding diaryl/α,β-unsaturated/α-hetero) is 1. The molecule has 0 unspecified atom stereocenters. The molecule has 0 aliphatic carbocycles. The molecule has 0 atom stereocenters. The Labute approximate surface area is 173 Å². The zero-order valence-electron chi connectivity index (χ0n) is 15.9. The Morgan fingerprint density at radius 1 is 0.893 bits per heavy atom.